The van der Waals surface area contributed by atoms with E-state index < -0.39 is 0 Å². The van der Waals surface area contributed by atoms with E-state index in [1.54, 1.807) is 0 Å². The van der Waals surface area contributed by atoms with Crippen LogP contribution >= 0.6 is 0 Å². The van der Waals surface area contributed by atoms with Crippen LogP contribution in [0.2, 0.25) is 0 Å². The maximum Gasteiger partial charge on any atom is 0.305 e. The van der Waals surface area contributed by atoms with Gasteiger partial charge in [0.25, 0.3) is 0 Å². The largest absolute Gasteiger partial charge is 0.466 e. The van der Waals surface area contributed by atoms with E-state index in [0.29, 0.717) is 77.8 Å². The smallest absolute Gasteiger partial charge is 0.305 e. The normalized spacial score (nSPS) is 11.2. The van der Waals surface area contributed by atoms with Gasteiger partial charge in [-0.3, -0.25) is 19.2 Å². The van der Waals surface area contributed by atoms with E-state index in [-0.39, 0.29) is 23.9 Å². The van der Waals surface area contributed by atoms with Crippen molar-refractivity contribution in [1.82, 2.24) is 0 Å². The predicted molar refractivity (Wildman–Crippen MR) is 232 cm³/mol. The van der Waals surface area contributed by atoms with Crippen LogP contribution < -0.4 is 0 Å². The average Bonchev–Trinajstić information content (AvgIpc) is 3.13. The third-order valence-electron chi connectivity index (χ3n) is 9.78. The Morgan fingerprint density at radius 1 is 0.268 bits per heavy atom. The molecule has 0 aliphatic heterocycles. The van der Waals surface area contributed by atoms with Crippen LogP contribution in [-0.2, 0) is 38.1 Å². The minimum absolute atomic E-state index is 0.138. The zero-order valence-electron chi connectivity index (χ0n) is 38.2. The fourth-order valence-corrected chi connectivity index (χ4v) is 6.14. The Balaban J connectivity index is 0. The van der Waals surface area contributed by atoms with Crippen LogP contribution in [0.3, 0.4) is 0 Å². The summed E-state index contributed by atoms with van der Waals surface area (Å²) in [4.78, 5) is 46.7. The summed E-state index contributed by atoms with van der Waals surface area (Å²) >= 11 is 0. The van der Waals surface area contributed by atoms with Gasteiger partial charge in [0.15, 0.2) is 0 Å². The topological polar surface area (TPSA) is 105 Å². The Labute approximate surface area is 346 Å². The molecule has 0 aromatic rings. The maximum atomic E-state index is 11.7. The van der Waals surface area contributed by atoms with Crippen molar-refractivity contribution in [3.63, 3.8) is 0 Å². The van der Waals surface area contributed by atoms with Crippen molar-refractivity contribution in [3.05, 3.63) is 0 Å². The van der Waals surface area contributed by atoms with Gasteiger partial charge >= 0.3 is 23.9 Å². The minimum Gasteiger partial charge on any atom is -0.466 e. The molecular formula is C48H92O8. The fraction of sp³-hybridized carbons (Fsp3) is 0.917. The van der Waals surface area contributed by atoms with E-state index in [2.05, 4.69) is 55.4 Å². The quantitative estimate of drug-likeness (QED) is 0.0345. The molecule has 0 spiro atoms. The van der Waals surface area contributed by atoms with E-state index in [4.69, 9.17) is 18.9 Å². The van der Waals surface area contributed by atoms with Gasteiger partial charge in [-0.2, -0.15) is 0 Å². The van der Waals surface area contributed by atoms with Crippen molar-refractivity contribution in [1.29, 1.82) is 0 Å². The Kier molecular flexibility index (Phi) is 42.5. The number of hydrogen-bond acceptors (Lipinski definition) is 8. The molecule has 0 saturated carbocycles. The van der Waals surface area contributed by atoms with Crippen LogP contribution in [0.5, 0.6) is 0 Å². The highest BCUT2D eigenvalue weighted by Crippen LogP contribution is 2.13. The van der Waals surface area contributed by atoms with Crippen LogP contribution in [0.25, 0.3) is 0 Å². The molecule has 0 rings (SSSR count). The van der Waals surface area contributed by atoms with Gasteiger partial charge in [-0.15, -0.1) is 0 Å². The SMILES string of the molecule is CC(C)CCCCCCCOC(=O)CCCCC(=O)OCCCCCCCC(C)C.CC(C)CCCCCOC(=O)CCCCC(=O)OCCCCCC(C)C. The number of esters is 4. The molecule has 0 N–H and O–H groups in total. The maximum absolute atomic E-state index is 11.7. The standard InChI is InChI=1S/C26H50O4.C22H42O4/c1-23(2)17-11-7-5-9-15-21-29-25(27)19-13-14-20-26(28)30-22-16-10-6-8-12-18-24(3)4;1-19(2)13-7-5-11-17-25-21(23)15-9-10-16-22(24)26-18-12-6-8-14-20(3)4/h23-24H,5-22H2,1-4H3;19-20H,5-18H2,1-4H3. The van der Waals surface area contributed by atoms with E-state index in [1.807, 2.05) is 0 Å². The summed E-state index contributed by atoms with van der Waals surface area (Å²) < 4.78 is 21.0. The van der Waals surface area contributed by atoms with Crippen molar-refractivity contribution in [2.75, 3.05) is 26.4 Å². The summed E-state index contributed by atoms with van der Waals surface area (Å²) in [5.41, 5.74) is 0. The number of carbonyl (C=O) groups is 4. The Morgan fingerprint density at radius 2 is 0.446 bits per heavy atom. The monoisotopic (exact) mass is 797 g/mol. The molecule has 0 saturated heterocycles. The molecule has 0 radical (unpaired) electrons. The Morgan fingerprint density at radius 3 is 0.661 bits per heavy atom. The number of unbranched alkanes of at least 4 members (excludes halogenated alkanes) is 14. The number of carbonyl (C=O) groups excluding carboxylic acids is 4. The predicted octanol–water partition coefficient (Wildman–Crippen LogP) is 13.7. The van der Waals surface area contributed by atoms with Crippen molar-refractivity contribution in [2.24, 2.45) is 23.7 Å². The lowest BCUT2D eigenvalue weighted by Crippen LogP contribution is -2.08. The van der Waals surface area contributed by atoms with Crippen LogP contribution in [0.15, 0.2) is 0 Å². The van der Waals surface area contributed by atoms with Crippen molar-refractivity contribution in [2.45, 2.75) is 235 Å². The summed E-state index contributed by atoms with van der Waals surface area (Å²) in [5.74, 6) is 2.51. The van der Waals surface area contributed by atoms with Crippen LogP contribution in [0.4, 0.5) is 0 Å². The van der Waals surface area contributed by atoms with Gasteiger partial charge in [-0.25, -0.2) is 0 Å². The zero-order valence-corrected chi connectivity index (χ0v) is 38.2. The molecule has 0 aliphatic carbocycles. The molecule has 0 bridgehead atoms. The lowest BCUT2D eigenvalue weighted by molar-refractivity contribution is -0.146. The van der Waals surface area contributed by atoms with Crippen LogP contribution in [0.1, 0.15) is 235 Å². The second kappa shape index (κ2) is 42.5. The third kappa shape index (κ3) is 49.9. The number of hydrogen-bond donors (Lipinski definition) is 0. The first kappa shape index (κ1) is 56.0. The molecule has 0 aromatic carbocycles. The molecule has 0 amide bonds. The summed E-state index contributed by atoms with van der Waals surface area (Å²) in [6.45, 7) is 20.1. The molecule has 8 heteroatoms. The van der Waals surface area contributed by atoms with E-state index >= 15 is 0 Å². The summed E-state index contributed by atoms with van der Waals surface area (Å²) in [6, 6.07) is 0. The van der Waals surface area contributed by atoms with Gasteiger partial charge in [0.2, 0.25) is 0 Å². The van der Waals surface area contributed by atoms with E-state index in [1.165, 1.54) is 77.0 Å². The highest BCUT2D eigenvalue weighted by atomic mass is 16.5. The van der Waals surface area contributed by atoms with Crippen molar-refractivity contribution >= 4 is 23.9 Å². The van der Waals surface area contributed by atoms with Gasteiger partial charge in [0.1, 0.15) is 0 Å². The Bertz CT molecular complexity index is 826. The molecule has 0 unspecified atom stereocenters. The van der Waals surface area contributed by atoms with Crippen molar-refractivity contribution < 1.29 is 38.1 Å². The molecule has 0 aromatic heterocycles. The summed E-state index contributed by atoms with van der Waals surface area (Å²) in [7, 11) is 0. The molecule has 0 aliphatic rings. The van der Waals surface area contributed by atoms with Gasteiger partial charge in [0.05, 0.1) is 26.4 Å². The van der Waals surface area contributed by atoms with E-state index in [9.17, 15) is 19.2 Å². The first-order valence-corrected chi connectivity index (χ1v) is 23.5. The molecule has 0 fully saturated rings. The van der Waals surface area contributed by atoms with Gasteiger partial charge in [0, 0.05) is 25.7 Å². The fourth-order valence-electron chi connectivity index (χ4n) is 6.14. The zero-order chi connectivity index (χ0) is 42.1. The van der Waals surface area contributed by atoms with E-state index in [0.717, 1.165) is 75.0 Å². The minimum atomic E-state index is -0.146. The van der Waals surface area contributed by atoms with Crippen molar-refractivity contribution in [3.8, 4) is 0 Å². The molecular weight excluding hydrogens is 705 g/mol. The lowest BCUT2D eigenvalue weighted by Gasteiger charge is -2.07. The number of ether oxygens (including phenoxy) is 4. The average molecular weight is 797 g/mol. The Hall–Kier alpha value is -2.12. The highest BCUT2D eigenvalue weighted by molar-refractivity contribution is 5.71. The first-order valence-electron chi connectivity index (χ1n) is 23.5. The van der Waals surface area contributed by atoms with Gasteiger partial charge in [-0.1, -0.05) is 158 Å². The molecule has 8 nitrogen and oxygen atoms in total. The van der Waals surface area contributed by atoms with Crippen LogP contribution in [0, 0.1) is 23.7 Å². The second-order valence-electron chi connectivity index (χ2n) is 17.7. The summed E-state index contributed by atoms with van der Waals surface area (Å²) in [5, 5.41) is 0. The molecule has 0 heterocycles. The second-order valence-corrected chi connectivity index (χ2v) is 17.7. The molecule has 56 heavy (non-hydrogen) atoms. The van der Waals surface area contributed by atoms with Gasteiger partial charge in [-0.05, 0) is 75.0 Å². The summed E-state index contributed by atoms with van der Waals surface area (Å²) in [6.07, 6.45) is 27.8. The third-order valence-corrected chi connectivity index (χ3v) is 9.78. The molecule has 0 atom stereocenters. The molecule has 332 valence electrons. The number of rotatable bonds is 38. The lowest BCUT2D eigenvalue weighted by atomic mass is 10.0. The highest BCUT2D eigenvalue weighted by Gasteiger charge is 2.08. The first-order chi connectivity index (χ1) is 26.8. The van der Waals surface area contributed by atoms with Crippen LogP contribution in [-0.4, -0.2) is 50.3 Å². The van der Waals surface area contributed by atoms with Gasteiger partial charge < -0.3 is 18.9 Å².